The summed E-state index contributed by atoms with van der Waals surface area (Å²) >= 11 is 0. The molecule has 1 saturated carbocycles. The number of ketones is 1. The van der Waals surface area contributed by atoms with Crippen LogP contribution in [-0.2, 0) is 27.2 Å². The van der Waals surface area contributed by atoms with E-state index < -0.39 is 45.7 Å². The Hall–Kier alpha value is -3.40. The van der Waals surface area contributed by atoms with Gasteiger partial charge >= 0.3 is 16.5 Å². The van der Waals surface area contributed by atoms with E-state index in [1.54, 1.807) is 6.07 Å². The minimum absolute atomic E-state index is 0.00471. The molecule has 3 atom stereocenters. The van der Waals surface area contributed by atoms with Gasteiger partial charge in [0.25, 0.3) is 0 Å². The second-order valence-corrected chi connectivity index (χ2v) is 10.1. The third kappa shape index (κ3) is 6.72. The lowest BCUT2D eigenvalue weighted by molar-refractivity contribution is -0.140. The van der Waals surface area contributed by atoms with Gasteiger partial charge in [0.05, 0.1) is 30.4 Å². The van der Waals surface area contributed by atoms with Crippen LogP contribution in [0.4, 0.5) is 23.2 Å². The molecule has 38 heavy (non-hydrogen) atoms. The van der Waals surface area contributed by atoms with E-state index in [1.165, 1.54) is 35.4 Å². The number of nitrogens with zero attached hydrogens (tertiary/aromatic N) is 3. The third-order valence-corrected chi connectivity index (χ3v) is 6.55. The van der Waals surface area contributed by atoms with E-state index in [-0.39, 0.29) is 42.4 Å². The zero-order valence-corrected chi connectivity index (χ0v) is 20.4. The van der Waals surface area contributed by atoms with E-state index in [2.05, 4.69) is 19.6 Å². The first-order valence-electron chi connectivity index (χ1n) is 11.3. The Morgan fingerprint density at radius 3 is 2.71 bits per heavy atom. The summed E-state index contributed by atoms with van der Waals surface area (Å²) in [6.07, 6.45) is -0.894. The first kappa shape index (κ1) is 27.6. The summed E-state index contributed by atoms with van der Waals surface area (Å²) in [5.41, 5.74) is -0.675. The number of nitrogens with one attached hydrogen (secondary N) is 1. The van der Waals surface area contributed by atoms with Gasteiger partial charge in [-0.2, -0.15) is 26.7 Å². The van der Waals surface area contributed by atoms with Crippen molar-refractivity contribution in [3.63, 3.8) is 0 Å². The van der Waals surface area contributed by atoms with E-state index in [0.717, 1.165) is 6.07 Å². The summed E-state index contributed by atoms with van der Waals surface area (Å²) in [6.45, 7) is -0.410. The number of nitrogens with two attached hydrogens (primary N) is 1. The molecule has 204 valence electrons. The zero-order chi connectivity index (χ0) is 27.7. The van der Waals surface area contributed by atoms with Crippen molar-refractivity contribution in [1.29, 1.82) is 0 Å². The van der Waals surface area contributed by atoms with Crippen molar-refractivity contribution in [2.24, 2.45) is 11.1 Å². The molecule has 10 nitrogen and oxygen atoms in total. The van der Waals surface area contributed by atoms with E-state index >= 15 is 0 Å². The molecular formula is C23H23F4N5O5S. The van der Waals surface area contributed by atoms with E-state index in [0.29, 0.717) is 18.2 Å². The molecule has 2 heterocycles. The van der Waals surface area contributed by atoms with Gasteiger partial charge in [0.1, 0.15) is 11.5 Å². The highest BCUT2D eigenvalue weighted by molar-refractivity contribution is 7.84. The first-order valence-corrected chi connectivity index (χ1v) is 12.8. The van der Waals surface area contributed by atoms with Crippen LogP contribution in [0.3, 0.4) is 0 Å². The number of carbonyl (C=O) groups is 1. The average Bonchev–Trinajstić information content (AvgIpc) is 3.44. The van der Waals surface area contributed by atoms with Crippen molar-refractivity contribution >= 4 is 21.8 Å². The van der Waals surface area contributed by atoms with Crippen molar-refractivity contribution in [3.8, 4) is 0 Å². The molecule has 0 unspecified atom stereocenters. The Morgan fingerprint density at radius 2 is 2.00 bits per heavy atom. The Kier molecular flexibility index (Phi) is 7.83. The van der Waals surface area contributed by atoms with E-state index in [9.17, 15) is 35.9 Å². The quantitative estimate of drug-likeness (QED) is 0.268. The molecule has 1 aliphatic rings. The highest BCUT2D eigenvalue weighted by atomic mass is 32.2. The van der Waals surface area contributed by atoms with E-state index in [1.807, 2.05) is 0 Å². The number of halogens is 4. The maximum atomic E-state index is 13.6. The van der Waals surface area contributed by atoms with Crippen LogP contribution in [0.25, 0.3) is 0 Å². The van der Waals surface area contributed by atoms with Crippen LogP contribution < -0.4 is 10.5 Å². The standard InChI is InChI=1S/C23H23F4N5O5S/c24-18-2-1-13(7-17(18)23(25,26)27)11-32-6-4-20(31-32)22(34)16-10-29-5-3-19(16)30-15-8-14(21(33)9-15)12-37-38(28,35)36/h1-7,10,14-15,21,33H,8-9,11-12H2,(H,29,30)(H2,28,35,36)/t14-,15-,21+/m1/s1. The number of anilines is 1. The molecule has 0 aliphatic heterocycles. The van der Waals surface area contributed by atoms with Crippen molar-refractivity contribution in [2.75, 3.05) is 11.9 Å². The lowest BCUT2D eigenvalue weighted by Gasteiger charge is -2.16. The van der Waals surface area contributed by atoms with Crippen LogP contribution in [-0.4, -0.2) is 52.8 Å². The van der Waals surface area contributed by atoms with Crippen LogP contribution in [0.2, 0.25) is 0 Å². The van der Waals surface area contributed by atoms with Gasteiger partial charge in [-0.05, 0) is 42.7 Å². The maximum absolute atomic E-state index is 13.6. The number of hydrogen-bond acceptors (Lipinski definition) is 8. The predicted octanol–water partition coefficient (Wildman–Crippen LogP) is 2.49. The predicted molar refractivity (Wildman–Crippen MR) is 126 cm³/mol. The fraction of sp³-hybridized carbons (Fsp3) is 0.348. The largest absolute Gasteiger partial charge is 0.419 e. The summed E-state index contributed by atoms with van der Waals surface area (Å²) < 4.78 is 80.5. The van der Waals surface area contributed by atoms with Crippen LogP contribution in [0.15, 0.2) is 48.9 Å². The van der Waals surface area contributed by atoms with Gasteiger partial charge in [0, 0.05) is 36.2 Å². The van der Waals surface area contributed by atoms with Gasteiger partial charge in [-0.1, -0.05) is 6.07 Å². The molecule has 1 aromatic carbocycles. The summed E-state index contributed by atoms with van der Waals surface area (Å²) in [4.78, 5) is 17.2. The van der Waals surface area contributed by atoms with Crippen LogP contribution in [0.1, 0.15) is 40.0 Å². The zero-order valence-electron chi connectivity index (χ0n) is 19.6. The van der Waals surface area contributed by atoms with Gasteiger partial charge in [0.15, 0.2) is 0 Å². The second-order valence-electron chi connectivity index (χ2n) is 8.88. The minimum atomic E-state index is -4.85. The SMILES string of the molecule is NS(=O)(=O)OC[C@H]1C[C@@H](Nc2ccncc2C(=O)c2ccn(Cc3ccc(F)c(C(F)(F)F)c3)n2)C[C@@H]1O. The fourth-order valence-corrected chi connectivity index (χ4v) is 4.65. The molecule has 0 saturated heterocycles. The molecule has 1 fully saturated rings. The highest BCUT2D eigenvalue weighted by Gasteiger charge is 2.35. The number of aromatic nitrogens is 3. The molecule has 4 N–H and O–H groups in total. The minimum Gasteiger partial charge on any atom is -0.393 e. The molecule has 1 aliphatic carbocycles. The third-order valence-electron chi connectivity index (χ3n) is 6.08. The Balaban J connectivity index is 1.46. The highest BCUT2D eigenvalue weighted by Crippen LogP contribution is 2.32. The number of pyridine rings is 1. The number of benzene rings is 1. The lowest BCUT2D eigenvalue weighted by Crippen LogP contribution is -2.24. The number of carbonyl (C=O) groups excluding carboxylic acids is 1. The molecule has 3 aromatic rings. The van der Waals surface area contributed by atoms with Crippen molar-refractivity contribution < 1.29 is 40.1 Å². The molecule has 2 aromatic heterocycles. The Morgan fingerprint density at radius 1 is 1.24 bits per heavy atom. The summed E-state index contributed by atoms with van der Waals surface area (Å²) in [6, 6.07) is 5.27. The monoisotopic (exact) mass is 557 g/mol. The number of rotatable bonds is 9. The smallest absolute Gasteiger partial charge is 0.393 e. The molecule has 0 radical (unpaired) electrons. The van der Waals surface area contributed by atoms with Crippen molar-refractivity contribution in [1.82, 2.24) is 14.8 Å². The van der Waals surface area contributed by atoms with Gasteiger partial charge in [0.2, 0.25) is 5.78 Å². The number of aliphatic hydroxyl groups excluding tert-OH is 1. The molecular weight excluding hydrogens is 534 g/mol. The van der Waals surface area contributed by atoms with Crippen molar-refractivity contribution in [3.05, 3.63) is 77.1 Å². The molecule has 15 heteroatoms. The summed E-state index contributed by atoms with van der Waals surface area (Å²) in [5, 5.41) is 22.4. The fourth-order valence-electron chi connectivity index (χ4n) is 4.29. The lowest BCUT2D eigenvalue weighted by atomic mass is 10.1. The van der Waals surface area contributed by atoms with Gasteiger partial charge in [-0.15, -0.1) is 0 Å². The molecule has 4 rings (SSSR count). The normalized spacial score (nSPS) is 20.0. The van der Waals surface area contributed by atoms with Gasteiger partial charge in [-0.3, -0.25) is 18.6 Å². The first-order chi connectivity index (χ1) is 17.8. The van der Waals surface area contributed by atoms with Crippen LogP contribution in [0.5, 0.6) is 0 Å². The van der Waals surface area contributed by atoms with Crippen LogP contribution in [0, 0.1) is 11.7 Å². The second kappa shape index (κ2) is 10.8. The number of aliphatic hydroxyl groups is 1. The molecule has 0 spiro atoms. The van der Waals surface area contributed by atoms with Crippen LogP contribution >= 0.6 is 0 Å². The average molecular weight is 558 g/mol. The number of hydrogen-bond donors (Lipinski definition) is 3. The summed E-state index contributed by atoms with van der Waals surface area (Å²) in [5.74, 6) is -2.39. The van der Waals surface area contributed by atoms with E-state index in [4.69, 9.17) is 5.14 Å². The van der Waals surface area contributed by atoms with Gasteiger partial charge < -0.3 is 10.4 Å². The number of alkyl halides is 3. The Labute approximate surface area is 214 Å². The van der Waals surface area contributed by atoms with Gasteiger partial charge in [-0.25, -0.2) is 9.53 Å². The summed E-state index contributed by atoms with van der Waals surface area (Å²) in [7, 11) is -4.15. The Bertz CT molecular complexity index is 1430. The topological polar surface area (TPSA) is 149 Å². The molecule has 0 bridgehead atoms. The van der Waals surface area contributed by atoms with Crippen molar-refractivity contribution in [2.45, 2.75) is 37.7 Å². The maximum Gasteiger partial charge on any atom is 0.419 e. The molecule has 0 amide bonds.